The molecule has 1 aromatic heterocycles. The Kier molecular flexibility index (Phi) is 4.74. The molecule has 7 nitrogen and oxygen atoms in total. The fourth-order valence-electron chi connectivity index (χ4n) is 2.10. The number of amides is 1. The third-order valence-electron chi connectivity index (χ3n) is 3.41. The highest BCUT2D eigenvalue weighted by atomic mass is 16.5. The second-order valence-corrected chi connectivity index (χ2v) is 5.08. The Morgan fingerprint density at radius 2 is 1.95 bits per heavy atom. The first-order valence-electron chi connectivity index (χ1n) is 6.77. The molecule has 0 bridgehead atoms. The van der Waals surface area contributed by atoms with Crippen LogP contribution in [0.25, 0.3) is 0 Å². The number of aromatic carboxylic acids is 1. The number of carbonyl (C=O) groups is 2. The van der Waals surface area contributed by atoms with Crippen molar-refractivity contribution in [3.05, 3.63) is 23.5 Å². The van der Waals surface area contributed by atoms with Crippen molar-refractivity contribution in [3.63, 3.8) is 0 Å². The Hall–Kier alpha value is -2.15. The number of pyridine rings is 1. The molecule has 0 radical (unpaired) electrons. The molecule has 2 rings (SSSR count). The minimum Gasteiger partial charge on any atom is -0.481 e. The van der Waals surface area contributed by atoms with Gasteiger partial charge in [-0.15, -0.1) is 0 Å². The van der Waals surface area contributed by atoms with Crippen LogP contribution in [0.15, 0.2) is 12.1 Å². The van der Waals surface area contributed by atoms with E-state index < -0.39 is 5.97 Å². The Balaban J connectivity index is 1.96. The smallest absolute Gasteiger partial charge is 0.358 e. The molecule has 0 spiro atoms. The van der Waals surface area contributed by atoms with Crippen LogP contribution in [0.3, 0.4) is 0 Å². The molecule has 0 saturated carbocycles. The molecule has 1 fully saturated rings. The maximum Gasteiger partial charge on any atom is 0.358 e. The highest BCUT2D eigenvalue weighted by molar-refractivity contribution is 5.88. The Labute approximate surface area is 123 Å². The van der Waals surface area contributed by atoms with Gasteiger partial charge >= 0.3 is 5.97 Å². The lowest BCUT2D eigenvalue weighted by atomic mass is 10.3. The average Bonchev–Trinajstić information content (AvgIpc) is 2.46. The standard InChI is InChI=1S/C14H19N3O4/c1-10-3-4-11(13(15-10)14(19)20)21-9-12(18)17-7-5-16(2)6-8-17/h3-4H,5-9H2,1-2H3,(H,19,20). The van der Waals surface area contributed by atoms with Gasteiger partial charge in [0.15, 0.2) is 18.1 Å². The normalized spacial score (nSPS) is 15.8. The summed E-state index contributed by atoms with van der Waals surface area (Å²) in [6.07, 6.45) is 0. The zero-order valence-electron chi connectivity index (χ0n) is 12.2. The number of aromatic nitrogens is 1. The summed E-state index contributed by atoms with van der Waals surface area (Å²) in [6.45, 7) is 4.52. The molecule has 1 saturated heterocycles. The van der Waals surface area contributed by atoms with Crippen molar-refractivity contribution in [1.29, 1.82) is 0 Å². The largest absolute Gasteiger partial charge is 0.481 e. The Bertz CT molecular complexity index is 539. The van der Waals surface area contributed by atoms with Crippen LogP contribution in [0.5, 0.6) is 5.75 Å². The average molecular weight is 293 g/mol. The molecule has 1 aliphatic heterocycles. The van der Waals surface area contributed by atoms with Crippen molar-refractivity contribution < 1.29 is 19.4 Å². The first-order chi connectivity index (χ1) is 9.97. The zero-order chi connectivity index (χ0) is 15.4. The summed E-state index contributed by atoms with van der Waals surface area (Å²) in [4.78, 5) is 30.9. The van der Waals surface area contributed by atoms with Crippen LogP contribution in [-0.4, -0.2) is 71.6 Å². The van der Waals surface area contributed by atoms with E-state index in [1.165, 1.54) is 6.07 Å². The van der Waals surface area contributed by atoms with E-state index in [-0.39, 0.29) is 24.0 Å². The van der Waals surface area contributed by atoms with E-state index in [4.69, 9.17) is 9.84 Å². The van der Waals surface area contributed by atoms with Gasteiger partial charge in [0.2, 0.25) is 0 Å². The molecule has 1 N–H and O–H groups in total. The topological polar surface area (TPSA) is 83.0 Å². The summed E-state index contributed by atoms with van der Waals surface area (Å²) < 4.78 is 5.35. The first-order valence-corrected chi connectivity index (χ1v) is 6.77. The first kappa shape index (κ1) is 15.2. The van der Waals surface area contributed by atoms with Gasteiger partial charge in [-0.2, -0.15) is 0 Å². The Morgan fingerprint density at radius 1 is 1.29 bits per heavy atom. The molecule has 2 heterocycles. The van der Waals surface area contributed by atoms with Gasteiger partial charge in [0, 0.05) is 31.9 Å². The van der Waals surface area contributed by atoms with Gasteiger partial charge in [0.25, 0.3) is 5.91 Å². The molecule has 7 heteroatoms. The second kappa shape index (κ2) is 6.53. The molecule has 1 aliphatic rings. The molecule has 0 atom stereocenters. The van der Waals surface area contributed by atoms with Crippen LogP contribution in [0.4, 0.5) is 0 Å². The quantitative estimate of drug-likeness (QED) is 0.856. The molecule has 1 aromatic rings. The van der Waals surface area contributed by atoms with Crippen LogP contribution >= 0.6 is 0 Å². The maximum absolute atomic E-state index is 12.0. The number of piperazine rings is 1. The SMILES string of the molecule is Cc1ccc(OCC(=O)N2CCN(C)CC2)c(C(=O)O)n1. The van der Waals surface area contributed by atoms with Gasteiger partial charge in [-0.25, -0.2) is 9.78 Å². The fourth-order valence-corrected chi connectivity index (χ4v) is 2.10. The van der Waals surface area contributed by atoms with E-state index in [9.17, 15) is 9.59 Å². The summed E-state index contributed by atoms with van der Waals surface area (Å²) >= 11 is 0. The van der Waals surface area contributed by atoms with Crippen LogP contribution in [0, 0.1) is 6.92 Å². The number of carboxylic acids is 1. The highest BCUT2D eigenvalue weighted by Gasteiger charge is 2.20. The van der Waals surface area contributed by atoms with Crippen molar-refractivity contribution in [2.75, 3.05) is 39.8 Å². The monoisotopic (exact) mass is 293 g/mol. The molecule has 114 valence electrons. The summed E-state index contributed by atoms with van der Waals surface area (Å²) in [5, 5.41) is 9.09. The maximum atomic E-state index is 12.0. The predicted octanol–water partition coefficient (Wildman–Crippen LogP) is 0.241. The summed E-state index contributed by atoms with van der Waals surface area (Å²) in [5.74, 6) is -1.18. The van der Waals surface area contributed by atoms with Gasteiger partial charge < -0.3 is 19.6 Å². The lowest BCUT2D eigenvalue weighted by molar-refractivity contribution is -0.134. The summed E-state index contributed by atoms with van der Waals surface area (Å²) in [6, 6.07) is 3.19. The van der Waals surface area contributed by atoms with Crippen LogP contribution in [-0.2, 0) is 4.79 Å². The fraction of sp³-hybridized carbons (Fsp3) is 0.500. The number of carbonyl (C=O) groups excluding carboxylic acids is 1. The minimum atomic E-state index is -1.17. The molecule has 0 unspecified atom stereocenters. The van der Waals surface area contributed by atoms with E-state index in [1.807, 2.05) is 7.05 Å². The van der Waals surface area contributed by atoms with Crippen LogP contribution in [0.2, 0.25) is 0 Å². The number of rotatable bonds is 4. The molecule has 0 aliphatic carbocycles. The third kappa shape index (κ3) is 3.91. The van der Waals surface area contributed by atoms with E-state index in [0.717, 1.165) is 13.1 Å². The van der Waals surface area contributed by atoms with Crippen molar-refractivity contribution in [1.82, 2.24) is 14.8 Å². The van der Waals surface area contributed by atoms with E-state index in [1.54, 1.807) is 17.9 Å². The van der Waals surface area contributed by atoms with Gasteiger partial charge in [-0.05, 0) is 26.1 Å². The number of carboxylic acid groups (broad SMARTS) is 1. The molecular weight excluding hydrogens is 274 g/mol. The zero-order valence-corrected chi connectivity index (χ0v) is 12.2. The van der Waals surface area contributed by atoms with E-state index >= 15 is 0 Å². The van der Waals surface area contributed by atoms with Gasteiger partial charge in [-0.3, -0.25) is 4.79 Å². The molecule has 1 amide bonds. The number of hydrogen-bond donors (Lipinski definition) is 1. The second-order valence-electron chi connectivity index (χ2n) is 5.08. The number of ether oxygens (including phenoxy) is 1. The summed E-state index contributed by atoms with van der Waals surface area (Å²) in [7, 11) is 2.01. The van der Waals surface area contributed by atoms with Crippen LogP contribution in [0.1, 0.15) is 16.2 Å². The Morgan fingerprint density at radius 3 is 2.57 bits per heavy atom. The number of hydrogen-bond acceptors (Lipinski definition) is 5. The lowest BCUT2D eigenvalue weighted by Gasteiger charge is -2.32. The van der Waals surface area contributed by atoms with Crippen molar-refractivity contribution >= 4 is 11.9 Å². The summed E-state index contributed by atoms with van der Waals surface area (Å²) in [5.41, 5.74) is 0.423. The lowest BCUT2D eigenvalue weighted by Crippen LogP contribution is -2.48. The molecule has 0 aromatic carbocycles. The van der Waals surface area contributed by atoms with Gasteiger partial charge in [0.1, 0.15) is 0 Å². The van der Waals surface area contributed by atoms with Gasteiger partial charge in [0.05, 0.1) is 0 Å². The van der Waals surface area contributed by atoms with Crippen molar-refractivity contribution in [2.45, 2.75) is 6.92 Å². The van der Waals surface area contributed by atoms with E-state index in [0.29, 0.717) is 18.8 Å². The van der Waals surface area contributed by atoms with E-state index in [2.05, 4.69) is 9.88 Å². The molecular formula is C14H19N3O4. The van der Waals surface area contributed by atoms with Crippen LogP contribution < -0.4 is 4.74 Å². The third-order valence-corrected chi connectivity index (χ3v) is 3.41. The molecule has 21 heavy (non-hydrogen) atoms. The number of aryl methyl sites for hydroxylation is 1. The minimum absolute atomic E-state index is 0.121. The van der Waals surface area contributed by atoms with Crippen molar-refractivity contribution in [2.24, 2.45) is 0 Å². The van der Waals surface area contributed by atoms with Crippen molar-refractivity contribution in [3.8, 4) is 5.75 Å². The predicted molar refractivity (Wildman–Crippen MR) is 75.5 cm³/mol. The number of nitrogens with zero attached hydrogens (tertiary/aromatic N) is 3. The number of likely N-dealkylation sites (N-methyl/N-ethyl adjacent to an activating group) is 1. The highest BCUT2D eigenvalue weighted by Crippen LogP contribution is 2.17. The van der Waals surface area contributed by atoms with Gasteiger partial charge in [-0.1, -0.05) is 0 Å².